The fourth-order valence-corrected chi connectivity index (χ4v) is 3.91. The highest BCUT2D eigenvalue weighted by molar-refractivity contribution is 6.30. The van der Waals surface area contributed by atoms with E-state index in [0.29, 0.717) is 11.4 Å². The second-order valence-corrected chi connectivity index (χ2v) is 8.08. The van der Waals surface area contributed by atoms with Crippen molar-refractivity contribution in [1.29, 1.82) is 0 Å². The highest BCUT2D eigenvalue weighted by Crippen LogP contribution is 2.13. The Labute approximate surface area is 187 Å². The van der Waals surface area contributed by atoms with Crippen LogP contribution in [0, 0.1) is 0 Å². The summed E-state index contributed by atoms with van der Waals surface area (Å²) in [7, 11) is 0. The molecule has 1 aromatic rings. The number of rotatable bonds is 10. The van der Waals surface area contributed by atoms with E-state index < -0.39 is 0 Å². The van der Waals surface area contributed by atoms with E-state index in [9.17, 15) is 4.79 Å². The number of hydrogen-bond donors (Lipinski definition) is 1. The maximum atomic E-state index is 12.6. The molecule has 30 heavy (non-hydrogen) atoms. The summed E-state index contributed by atoms with van der Waals surface area (Å²) in [5.41, 5.74) is 0.967. The van der Waals surface area contributed by atoms with Crippen molar-refractivity contribution in [3.63, 3.8) is 0 Å². The molecule has 0 spiro atoms. The fraction of sp³-hybridized carbons (Fsp3) is 0.652. The Balaban J connectivity index is 1.79. The minimum Gasteiger partial charge on any atom is -0.357 e. The van der Waals surface area contributed by atoms with E-state index in [0.717, 1.165) is 76.8 Å². The molecule has 0 atom stereocenters. The van der Waals surface area contributed by atoms with E-state index in [1.165, 1.54) is 6.42 Å². The summed E-state index contributed by atoms with van der Waals surface area (Å²) in [6.07, 6.45) is 2.68. The number of hydrogen-bond acceptors (Lipinski definition) is 3. The van der Waals surface area contributed by atoms with Crippen LogP contribution in [-0.4, -0.2) is 85.5 Å². The Morgan fingerprint density at radius 2 is 1.80 bits per heavy atom. The van der Waals surface area contributed by atoms with Crippen molar-refractivity contribution in [3.05, 3.63) is 34.9 Å². The quantitative estimate of drug-likeness (QED) is 0.348. The van der Waals surface area contributed by atoms with Crippen LogP contribution in [0.4, 0.5) is 0 Å². The maximum absolute atomic E-state index is 12.6. The SMILES string of the molecule is CCNC(=NCCCCN(CC)CC)N1CCN(C(=O)Cc2cccc(Cl)c2)CC1. The summed E-state index contributed by atoms with van der Waals surface area (Å²) in [5, 5.41) is 4.09. The minimum atomic E-state index is 0.162. The van der Waals surface area contributed by atoms with Crippen molar-refractivity contribution >= 4 is 23.5 Å². The molecule has 0 radical (unpaired) electrons. The van der Waals surface area contributed by atoms with Gasteiger partial charge in [-0.2, -0.15) is 0 Å². The van der Waals surface area contributed by atoms with Gasteiger partial charge >= 0.3 is 0 Å². The molecular weight excluding hydrogens is 398 g/mol. The second kappa shape index (κ2) is 13.5. The molecule has 1 amide bonds. The van der Waals surface area contributed by atoms with Gasteiger partial charge in [-0.15, -0.1) is 0 Å². The largest absolute Gasteiger partial charge is 0.357 e. The topological polar surface area (TPSA) is 51.2 Å². The molecule has 1 aromatic carbocycles. The number of nitrogens with one attached hydrogen (secondary N) is 1. The molecule has 7 heteroatoms. The Morgan fingerprint density at radius 3 is 2.43 bits per heavy atom. The van der Waals surface area contributed by atoms with Crippen LogP contribution in [0.15, 0.2) is 29.3 Å². The molecule has 168 valence electrons. The summed E-state index contributed by atoms with van der Waals surface area (Å²) in [5.74, 6) is 1.14. The monoisotopic (exact) mass is 435 g/mol. The predicted molar refractivity (Wildman–Crippen MR) is 126 cm³/mol. The molecule has 0 saturated carbocycles. The standard InChI is InChI=1S/C23H38ClN5O/c1-4-25-23(26-12-7-8-13-27(5-2)6-3)29-16-14-28(15-17-29)22(30)19-20-10-9-11-21(24)18-20/h9-11,18H,4-8,12-17,19H2,1-3H3,(H,25,26). The van der Waals surface area contributed by atoms with Crippen LogP contribution in [0.2, 0.25) is 5.02 Å². The van der Waals surface area contributed by atoms with Gasteiger partial charge in [0, 0.05) is 44.3 Å². The first-order valence-electron chi connectivity index (χ1n) is 11.3. The molecule has 1 saturated heterocycles. The van der Waals surface area contributed by atoms with E-state index >= 15 is 0 Å². The average molecular weight is 436 g/mol. The molecular formula is C23H38ClN5O. The van der Waals surface area contributed by atoms with Crippen LogP contribution in [0.25, 0.3) is 0 Å². The molecule has 6 nitrogen and oxygen atoms in total. The third-order valence-electron chi connectivity index (χ3n) is 5.55. The number of aliphatic imine (C=N–C) groups is 1. The molecule has 1 N–H and O–H groups in total. The molecule has 0 aromatic heterocycles. The summed E-state index contributed by atoms with van der Waals surface area (Å²) in [6.45, 7) is 14.7. The fourth-order valence-electron chi connectivity index (χ4n) is 3.70. The first-order valence-corrected chi connectivity index (χ1v) is 11.7. The molecule has 0 unspecified atom stereocenters. The van der Waals surface area contributed by atoms with Crippen molar-refractivity contribution in [3.8, 4) is 0 Å². The Bertz CT molecular complexity index is 669. The van der Waals surface area contributed by atoms with Crippen molar-refractivity contribution < 1.29 is 4.79 Å². The van der Waals surface area contributed by atoms with E-state index in [4.69, 9.17) is 16.6 Å². The maximum Gasteiger partial charge on any atom is 0.227 e. The molecule has 0 aliphatic carbocycles. The van der Waals surface area contributed by atoms with E-state index in [1.807, 2.05) is 29.2 Å². The lowest BCUT2D eigenvalue weighted by Crippen LogP contribution is -2.54. The van der Waals surface area contributed by atoms with Crippen molar-refractivity contribution in [2.45, 2.75) is 40.0 Å². The molecule has 1 aliphatic heterocycles. The average Bonchev–Trinajstić information content (AvgIpc) is 2.75. The van der Waals surface area contributed by atoms with Crippen LogP contribution in [0.3, 0.4) is 0 Å². The van der Waals surface area contributed by atoms with Gasteiger partial charge in [0.1, 0.15) is 0 Å². The first kappa shape index (κ1) is 24.5. The van der Waals surface area contributed by atoms with E-state index in [2.05, 4.69) is 35.9 Å². The van der Waals surface area contributed by atoms with Crippen LogP contribution in [-0.2, 0) is 11.2 Å². The highest BCUT2D eigenvalue weighted by atomic mass is 35.5. The van der Waals surface area contributed by atoms with Gasteiger partial charge in [-0.3, -0.25) is 9.79 Å². The van der Waals surface area contributed by atoms with Crippen LogP contribution in [0.5, 0.6) is 0 Å². The van der Waals surface area contributed by atoms with Crippen LogP contribution < -0.4 is 5.32 Å². The zero-order chi connectivity index (χ0) is 21.8. The number of nitrogens with zero attached hydrogens (tertiary/aromatic N) is 4. The Morgan fingerprint density at radius 1 is 1.10 bits per heavy atom. The van der Waals surface area contributed by atoms with Gasteiger partial charge in [0.15, 0.2) is 5.96 Å². The number of benzene rings is 1. The van der Waals surface area contributed by atoms with Crippen molar-refractivity contribution in [1.82, 2.24) is 20.0 Å². The Hall–Kier alpha value is -1.79. The number of carbonyl (C=O) groups excluding carboxylic acids is 1. The smallest absolute Gasteiger partial charge is 0.227 e. The summed E-state index contributed by atoms with van der Waals surface area (Å²) in [6, 6.07) is 7.55. The number of piperazine rings is 1. The molecule has 0 bridgehead atoms. The lowest BCUT2D eigenvalue weighted by Gasteiger charge is -2.36. The Kier molecular flexibility index (Phi) is 11.0. The van der Waals surface area contributed by atoms with Crippen LogP contribution in [0.1, 0.15) is 39.2 Å². The molecule has 1 fully saturated rings. The molecule has 1 heterocycles. The molecule has 2 rings (SSSR count). The van der Waals surface area contributed by atoms with Gasteiger partial charge in [-0.05, 0) is 57.1 Å². The number of carbonyl (C=O) groups is 1. The molecule has 1 aliphatic rings. The summed E-state index contributed by atoms with van der Waals surface area (Å²) < 4.78 is 0. The summed E-state index contributed by atoms with van der Waals surface area (Å²) in [4.78, 5) is 24.1. The van der Waals surface area contributed by atoms with Crippen molar-refractivity contribution in [2.24, 2.45) is 4.99 Å². The van der Waals surface area contributed by atoms with Crippen molar-refractivity contribution in [2.75, 3.05) is 58.9 Å². The number of amides is 1. The minimum absolute atomic E-state index is 0.162. The van der Waals surface area contributed by atoms with Gasteiger partial charge < -0.3 is 20.0 Å². The second-order valence-electron chi connectivity index (χ2n) is 7.64. The van der Waals surface area contributed by atoms with Crippen LogP contribution >= 0.6 is 11.6 Å². The normalized spacial score (nSPS) is 15.0. The zero-order valence-electron chi connectivity index (χ0n) is 18.9. The van der Waals surface area contributed by atoms with Gasteiger partial charge in [0.25, 0.3) is 0 Å². The van der Waals surface area contributed by atoms with Gasteiger partial charge in [0.2, 0.25) is 5.91 Å². The lowest BCUT2D eigenvalue weighted by molar-refractivity contribution is -0.131. The van der Waals surface area contributed by atoms with E-state index in [-0.39, 0.29) is 5.91 Å². The van der Waals surface area contributed by atoms with E-state index in [1.54, 1.807) is 0 Å². The van der Waals surface area contributed by atoms with Gasteiger partial charge in [-0.25, -0.2) is 0 Å². The number of guanidine groups is 1. The third-order valence-corrected chi connectivity index (χ3v) is 5.78. The lowest BCUT2D eigenvalue weighted by atomic mass is 10.1. The third kappa shape index (κ3) is 8.15. The predicted octanol–water partition coefficient (Wildman–Crippen LogP) is 3.11. The van der Waals surface area contributed by atoms with Gasteiger partial charge in [0.05, 0.1) is 6.42 Å². The zero-order valence-corrected chi connectivity index (χ0v) is 19.6. The number of halogens is 1. The highest BCUT2D eigenvalue weighted by Gasteiger charge is 2.23. The number of unbranched alkanes of at least 4 members (excludes halogenated alkanes) is 1. The van der Waals surface area contributed by atoms with Gasteiger partial charge in [-0.1, -0.05) is 37.6 Å². The first-order chi connectivity index (χ1) is 14.6. The summed E-state index contributed by atoms with van der Waals surface area (Å²) >= 11 is 6.04.